The highest BCUT2D eigenvalue weighted by Gasteiger charge is 2.35. The van der Waals surface area contributed by atoms with E-state index in [2.05, 4.69) is 0 Å². The average Bonchev–Trinajstić information content (AvgIpc) is 2.62. The predicted molar refractivity (Wildman–Crippen MR) is 58.3 cm³/mol. The summed E-state index contributed by atoms with van der Waals surface area (Å²) in [5.74, 6) is -0.0675. The van der Waals surface area contributed by atoms with Crippen LogP contribution in [0.25, 0.3) is 0 Å². The summed E-state index contributed by atoms with van der Waals surface area (Å²) in [5, 5.41) is 0. The normalized spacial score (nSPS) is 24.3. The van der Waals surface area contributed by atoms with Crippen LogP contribution in [0.1, 0.15) is 27.2 Å². The molecule has 1 radical (unpaired) electrons. The molecule has 15 heavy (non-hydrogen) atoms. The standard InChI is InChI=1S/C11H21N2O2/c1-11(2,3)9(12)10(14)13-6-5-8(7-13)15-4/h8-9,12H,5-7H2,1-4H3. The number of carbonyl (C=O) groups is 1. The first kappa shape index (κ1) is 12.5. The van der Waals surface area contributed by atoms with Crippen LogP contribution in [0, 0.1) is 5.41 Å². The van der Waals surface area contributed by atoms with Crippen molar-refractivity contribution >= 4 is 5.91 Å². The molecule has 0 aromatic heterocycles. The second-order valence-corrected chi connectivity index (χ2v) is 5.23. The third-order valence-corrected chi connectivity index (χ3v) is 2.90. The molecule has 4 nitrogen and oxygen atoms in total. The number of nitrogens with zero attached hydrogens (tertiary/aromatic N) is 1. The van der Waals surface area contributed by atoms with Gasteiger partial charge in [-0.15, -0.1) is 0 Å². The lowest BCUT2D eigenvalue weighted by Crippen LogP contribution is -2.45. The molecule has 1 aliphatic heterocycles. The lowest BCUT2D eigenvalue weighted by atomic mass is 9.86. The van der Waals surface area contributed by atoms with Crippen LogP contribution >= 0.6 is 0 Å². The Morgan fingerprint density at radius 2 is 2.13 bits per heavy atom. The van der Waals surface area contributed by atoms with Gasteiger partial charge in [0, 0.05) is 20.2 Å². The highest BCUT2D eigenvalue weighted by molar-refractivity contribution is 5.82. The summed E-state index contributed by atoms with van der Waals surface area (Å²) in [5.41, 5.74) is 7.60. The molecule has 0 aromatic rings. The molecule has 1 heterocycles. The molecule has 87 valence electrons. The van der Waals surface area contributed by atoms with Crippen LogP contribution in [-0.2, 0) is 9.53 Å². The Hall–Kier alpha value is -0.610. The zero-order valence-corrected chi connectivity index (χ0v) is 10.0. The van der Waals surface area contributed by atoms with Gasteiger partial charge in [-0.25, -0.2) is 5.73 Å². The topological polar surface area (TPSA) is 53.3 Å². The van der Waals surface area contributed by atoms with E-state index in [1.54, 1.807) is 12.0 Å². The Balaban J connectivity index is 2.55. The van der Waals surface area contributed by atoms with Crippen LogP contribution in [0.2, 0.25) is 0 Å². The van der Waals surface area contributed by atoms with E-state index < -0.39 is 6.04 Å². The Labute approximate surface area is 91.8 Å². The Bertz CT molecular complexity index is 235. The van der Waals surface area contributed by atoms with Crippen LogP contribution in [0.3, 0.4) is 0 Å². The summed E-state index contributed by atoms with van der Waals surface area (Å²) in [6.45, 7) is 7.13. The van der Waals surface area contributed by atoms with E-state index in [0.29, 0.717) is 6.54 Å². The van der Waals surface area contributed by atoms with Crippen molar-refractivity contribution in [3.05, 3.63) is 0 Å². The van der Waals surface area contributed by atoms with E-state index in [0.717, 1.165) is 13.0 Å². The first-order valence-corrected chi connectivity index (χ1v) is 5.39. The maximum Gasteiger partial charge on any atom is 0.241 e. The predicted octanol–water partition coefficient (Wildman–Crippen LogP) is 0.931. The van der Waals surface area contributed by atoms with Crippen LogP contribution in [0.15, 0.2) is 0 Å². The van der Waals surface area contributed by atoms with E-state index in [-0.39, 0.29) is 17.4 Å². The van der Waals surface area contributed by atoms with E-state index in [4.69, 9.17) is 10.5 Å². The number of hydrogen-bond acceptors (Lipinski definition) is 2. The highest BCUT2D eigenvalue weighted by atomic mass is 16.5. The Morgan fingerprint density at radius 3 is 2.53 bits per heavy atom. The van der Waals surface area contributed by atoms with Crippen LogP contribution < -0.4 is 5.73 Å². The smallest absolute Gasteiger partial charge is 0.241 e. The van der Waals surface area contributed by atoms with Gasteiger partial charge in [-0.1, -0.05) is 20.8 Å². The summed E-state index contributed by atoms with van der Waals surface area (Å²) >= 11 is 0. The molecule has 1 fully saturated rings. The maximum absolute atomic E-state index is 11.9. The average molecular weight is 213 g/mol. The van der Waals surface area contributed by atoms with Gasteiger partial charge in [0.25, 0.3) is 0 Å². The maximum atomic E-state index is 11.9. The second-order valence-electron chi connectivity index (χ2n) is 5.23. The van der Waals surface area contributed by atoms with E-state index in [1.807, 2.05) is 20.8 Å². The molecule has 0 aromatic carbocycles. The molecule has 0 saturated carbocycles. The van der Waals surface area contributed by atoms with E-state index >= 15 is 0 Å². The minimum atomic E-state index is -0.673. The van der Waals surface area contributed by atoms with Gasteiger partial charge in [0.1, 0.15) is 6.04 Å². The van der Waals surface area contributed by atoms with Crippen molar-refractivity contribution in [2.24, 2.45) is 5.41 Å². The molecule has 4 heteroatoms. The summed E-state index contributed by atoms with van der Waals surface area (Å²) in [7, 11) is 1.67. The van der Waals surface area contributed by atoms with Gasteiger partial charge in [-0.05, 0) is 11.8 Å². The zero-order valence-electron chi connectivity index (χ0n) is 10.0. The van der Waals surface area contributed by atoms with Crippen molar-refractivity contribution < 1.29 is 9.53 Å². The largest absolute Gasteiger partial charge is 0.380 e. The lowest BCUT2D eigenvalue weighted by molar-refractivity contribution is -0.134. The molecule has 1 rings (SSSR count). The van der Waals surface area contributed by atoms with E-state index in [9.17, 15) is 4.79 Å². The summed E-state index contributed by atoms with van der Waals surface area (Å²) in [4.78, 5) is 13.7. The number of ether oxygens (including phenoxy) is 1. The van der Waals surface area contributed by atoms with Crippen molar-refractivity contribution in [3.8, 4) is 0 Å². The minimum Gasteiger partial charge on any atom is -0.380 e. The lowest BCUT2D eigenvalue weighted by Gasteiger charge is -2.29. The molecule has 0 aliphatic carbocycles. The van der Waals surface area contributed by atoms with Gasteiger partial charge in [-0.3, -0.25) is 4.79 Å². The van der Waals surface area contributed by atoms with Crippen molar-refractivity contribution in [2.45, 2.75) is 39.3 Å². The highest BCUT2D eigenvalue weighted by Crippen LogP contribution is 2.22. The molecule has 2 atom stereocenters. The molecular formula is C11H21N2O2. The number of nitrogens with one attached hydrogen (secondary N) is 1. The van der Waals surface area contributed by atoms with Crippen molar-refractivity contribution in [1.29, 1.82) is 0 Å². The van der Waals surface area contributed by atoms with Crippen LogP contribution in [0.5, 0.6) is 0 Å². The minimum absolute atomic E-state index is 0.0675. The fraction of sp³-hybridized carbons (Fsp3) is 0.909. The zero-order chi connectivity index (χ0) is 11.6. The molecule has 0 spiro atoms. The number of rotatable bonds is 2. The molecule has 1 aliphatic rings. The van der Waals surface area contributed by atoms with Gasteiger partial charge >= 0.3 is 0 Å². The Kier molecular flexibility index (Phi) is 3.73. The molecule has 2 unspecified atom stereocenters. The number of methoxy groups -OCH3 is 1. The molecule has 1 N–H and O–H groups in total. The van der Waals surface area contributed by atoms with Gasteiger partial charge < -0.3 is 9.64 Å². The van der Waals surface area contributed by atoms with Crippen molar-refractivity contribution in [1.82, 2.24) is 10.6 Å². The monoisotopic (exact) mass is 213 g/mol. The molecule has 0 bridgehead atoms. The Morgan fingerprint density at radius 1 is 1.53 bits per heavy atom. The van der Waals surface area contributed by atoms with Gasteiger partial charge in [-0.2, -0.15) is 0 Å². The van der Waals surface area contributed by atoms with Crippen molar-refractivity contribution in [2.75, 3.05) is 20.2 Å². The quantitative estimate of drug-likeness (QED) is 0.685. The SMILES string of the molecule is COC1CCN(C(=O)C([NH])C(C)(C)C)C1. The molecular weight excluding hydrogens is 192 g/mol. The van der Waals surface area contributed by atoms with Crippen molar-refractivity contribution in [3.63, 3.8) is 0 Å². The summed E-state index contributed by atoms with van der Waals surface area (Å²) < 4.78 is 5.20. The summed E-state index contributed by atoms with van der Waals surface area (Å²) in [6, 6.07) is -0.673. The van der Waals surface area contributed by atoms with E-state index in [1.165, 1.54) is 0 Å². The van der Waals surface area contributed by atoms with Crippen LogP contribution in [0.4, 0.5) is 0 Å². The number of amides is 1. The number of likely N-dealkylation sites (tertiary alicyclic amines) is 1. The first-order valence-electron chi connectivity index (χ1n) is 5.39. The van der Waals surface area contributed by atoms with Crippen LogP contribution in [-0.4, -0.2) is 43.2 Å². The fourth-order valence-corrected chi connectivity index (χ4v) is 1.67. The molecule has 1 saturated heterocycles. The number of hydrogen-bond donors (Lipinski definition) is 0. The van der Waals surface area contributed by atoms with Gasteiger partial charge in [0.05, 0.1) is 6.10 Å². The fourth-order valence-electron chi connectivity index (χ4n) is 1.67. The van der Waals surface area contributed by atoms with Gasteiger partial charge in [0.15, 0.2) is 0 Å². The first-order chi connectivity index (χ1) is 6.86. The number of carbonyl (C=O) groups excluding carboxylic acids is 1. The second kappa shape index (κ2) is 4.49. The van der Waals surface area contributed by atoms with Gasteiger partial charge in [0.2, 0.25) is 5.91 Å². The third kappa shape index (κ3) is 2.92. The third-order valence-electron chi connectivity index (χ3n) is 2.90. The molecule has 1 amide bonds. The summed E-state index contributed by atoms with van der Waals surface area (Å²) in [6.07, 6.45) is 1.04.